The molecule has 2 aromatic heterocycles. The molecule has 0 spiro atoms. The highest BCUT2D eigenvalue weighted by Gasteiger charge is 2.11. The topological polar surface area (TPSA) is 105 Å². The Morgan fingerprint density at radius 2 is 1.93 bits per heavy atom. The molecule has 28 heavy (non-hydrogen) atoms. The minimum Gasteiger partial charge on any atom is -0.475 e. The molecular formula is C18H20ClFN6O2. The zero-order valence-electron chi connectivity index (χ0n) is 15.0. The molecule has 0 fully saturated rings. The fourth-order valence-corrected chi connectivity index (χ4v) is 2.30. The number of halogens is 2. The van der Waals surface area contributed by atoms with Crippen LogP contribution in [0.3, 0.4) is 0 Å². The van der Waals surface area contributed by atoms with Crippen molar-refractivity contribution >= 4 is 30.0 Å². The van der Waals surface area contributed by atoms with E-state index >= 15 is 0 Å². The highest BCUT2D eigenvalue weighted by atomic mass is 35.5. The van der Waals surface area contributed by atoms with Gasteiger partial charge in [-0.15, -0.1) is 12.4 Å². The minimum atomic E-state index is -0.294. The number of aliphatic hydroxyl groups is 1. The molecule has 1 atom stereocenters. The summed E-state index contributed by atoms with van der Waals surface area (Å²) >= 11 is 0. The number of hydrogen-bond acceptors (Lipinski definition) is 8. The van der Waals surface area contributed by atoms with Gasteiger partial charge in [-0.3, -0.25) is 4.98 Å². The molecule has 2 heterocycles. The standard InChI is InChI=1S/C18H19FN6O2.ClH/c1-12(13-2-4-14(19)5-3-13)22-18-24-15(10-17(25-18)27-9-8-26)23-16-11-20-6-7-21-16;/h2-7,10-12,26H,8-9H2,1H3,(H2,21,22,23,24,25);1H. The van der Waals surface area contributed by atoms with E-state index in [1.54, 1.807) is 36.8 Å². The third kappa shape index (κ3) is 6.00. The Morgan fingerprint density at radius 1 is 1.14 bits per heavy atom. The van der Waals surface area contributed by atoms with Gasteiger partial charge in [0.05, 0.1) is 18.8 Å². The van der Waals surface area contributed by atoms with Crippen molar-refractivity contribution in [1.29, 1.82) is 0 Å². The zero-order valence-corrected chi connectivity index (χ0v) is 15.9. The van der Waals surface area contributed by atoms with Crippen LogP contribution in [0, 0.1) is 5.82 Å². The Labute approximate surface area is 167 Å². The summed E-state index contributed by atoms with van der Waals surface area (Å²) in [6, 6.07) is 7.61. The first kappa shape index (κ1) is 21.3. The number of nitrogens with zero attached hydrogens (tertiary/aromatic N) is 4. The van der Waals surface area contributed by atoms with Crippen molar-refractivity contribution in [2.45, 2.75) is 13.0 Å². The average Bonchev–Trinajstić information content (AvgIpc) is 2.67. The van der Waals surface area contributed by atoms with E-state index in [1.165, 1.54) is 12.1 Å². The van der Waals surface area contributed by atoms with Crippen LogP contribution in [0.4, 0.5) is 22.0 Å². The molecule has 1 aromatic carbocycles. The first-order valence-corrected chi connectivity index (χ1v) is 8.32. The van der Waals surface area contributed by atoms with Gasteiger partial charge in [0.15, 0.2) is 0 Å². The number of hydrogen-bond donors (Lipinski definition) is 3. The summed E-state index contributed by atoms with van der Waals surface area (Å²) in [4.78, 5) is 16.8. The first-order valence-electron chi connectivity index (χ1n) is 8.32. The van der Waals surface area contributed by atoms with Gasteiger partial charge >= 0.3 is 0 Å². The van der Waals surface area contributed by atoms with Gasteiger partial charge in [-0.05, 0) is 24.6 Å². The van der Waals surface area contributed by atoms with Gasteiger partial charge in [0.25, 0.3) is 0 Å². The summed E-state index contributed by atoms with van der Waals surface area (Å²) in [6.45, 7) is 1.88. The SMILES string of the molecule is CC(Nc1nc(Nc2cnccn2)cc(OCCO)n1)c1ccc(F)cc1.Cl. The Kier molecular flexibility index (Phi) is 7.85. The summed E-state index contributed by atoms with van der Waals surface area (Å²) in [6.07, 6.45) is 4.69. The van der Waals surface area contributed by atoms with E-state index in [4.69, 9.17) is 9.84 Å². The van der Waals surface area contributed by atoms with Gasteiger partial charge < -0.3 is 20.5 Å². The highest BCUT2D eigenvalue weighted by Crippen LogP contribution is 2.22. The number of aromatic nitrogens is 4. The fraction of sp³-hybridized carbons (Fsp3) is 0.222. The lowest BCUT2D eigenvalue weighted by Gasteiger charge is -2.16. The van der Waals surface area contributed by atoms with Crippen molar-refractivity contribution in [3.8, 4) is 5.88 Å². The molecular weight excluding hydrogens is 387 g/mol. The Bertz CT molecular complexity index is 870. The minimum absolute atomic E-state index is 0. The molecule has 0 aliphatic heterocycles. The summed E-state index contributed by atoms with van der Waals surface area (Å²) in [5, 5.41) is 15.2. The molecule has 0 aliphatic rings. The van der Waals surface area contributed by atoms with Crippen LogP contribution in [0.5, 0.6) is 5.88 Å². The maximum atomic E-state index is 13.1. The van der Waals surface area contributed by atoms with Crippen LogP contribution < -0.4 is 15.4 Å². The van der Waals surface area contributed by atoms with E-state index in [9.17, 15) is 4.39 Å². The predicted octanol–water partition coefficient (Wildman–Crippen LogP) is 3.12. The molecule has 3 N–H and O–H groups in total. The number of nitrogens with one attached hydrogen (secondary N) is 2. The van der Waals surface area contributed by atoms with Crippen LogP contribution in [-0.2, 0) is 0 Å². The molecule has 3 aromatic rings. The monoisotopic (exact) mass is 406 g/mol. The van der Waals surface area contributed by atoms with Crippen molar-refractivity contribution in [3.63, 3.8) is 0 Å². The molecule has 0 bridgehead atoms. The maximum absolute atomic E-state index is 13.1. The molecule has 3 rings (SSSR count). The molecule has 10 heteroatoms. The molecule has 0 aliphatic carbocycles. The second-order valence-corrected chi connectivity index (χ2v) is 5.62. The average molecular weight is 407 g/mol. The van der Waals surface area contributed by atoms with E-state index in [0.717, 1.165) is 5.56 Å². The Balaban J connectivity index is 0.00000280. The quantitative estimate of drug-likeness (QED) is 0.524. The highest BCUT2D eigenvalue weighted by molar-refractivity contribution is 5.85. The van der Waals surface area contributed by atoms with Crippen molar-refractivity contribution in [2.75, 3.05) is 23.8 Å². The molecule has 8 nitrogen and oxygen atoms in total. The molecule has 0 saturated heterocycles. The summed E-state index contributed by atoms with van der Waals surface area (Å²) < 4.78 is 18.5. The van der Waals surface area contributed by atoms with Crippen LogP contribution in [0.25, 0.3) is 0 Å². The second kappa shape index (κ2) is 10.3. The second-order valence-electron chi connectivity index (χ2n) is 5.62. The van der Waals surface area contributed by atoms with E-state index < -0.39 is 0 Å². The van der Waals surface area contributed by atoms with Crippen LogP contribution in [0.2, 0.25) is 0 Å². The molecule has 0 amide bonds. The van der Waals surface area contributed by atoms with E-state index in [1.807, 2.05) is 6.92 Å². The molecule has 0 radical (unpaired) electrons. The Morgan fingerprint density at radius 3 is 2.61 bits per heavy atom. The van der Waals surface area contributed by atoms with Gasteiger partial charge in [0.1, 0.15) is 24.1 Å². The van der Waals surface area contributed by atoms with Crippen molar-refractivity contribution in [3.05, 3.63) is 60.3 Å². The number of benzene rings is 1. The van der Waals surface area contributed by atoms with Gasteiger partial charge in [0.2, 0.25) is 11.8 Å². The first-order chi connectivity index (χ1) is 13.1. The largest absolute Gasteiger partial charge is 0.475 e. The van der Waals surface area contributed by atoms with Gasteiger partial charge in [-0.1, -0.05) is 12.1 Å². The van der Waals surface area contributed by atoms with Crippen LogP contribution in [0.15, 0.2) is 48.9 Å². The van der Waals surface area contributed by atoms with E-state index in [0.29, 0.717) is 23.5 Å². The Hall–Kier alpha value is -3.04. The van der Waals surface area contributed by atoms with E-state index in [2.05, 4.69) is 30.6 Å². The van der Waals surface area contributed by atoms with Crippen LogP contribution >= 0.6 is 12.4 Å². The predicted molar refractivity (Wildman–Crippen MR) is 106 cm³/mol. The zero-order chi connectivity index (χ0) is 19.1. The number of aliphatic hydroxyl groups excluding tert-OH is 1. The molecule has 148 valence electrons. The van der Waals surface area contributed by atoms with Gasteiger partial charge in [0, 0.05) is 18.5 Å². The lowest BCUT2D eigenvalue weighted by molar-refractivity contribution is 0.197. The normalized spacial score (nSPS) is 11.2. The van der Waals surface area contributed by atoms with Crippen LogP contribution in [-0.4, -0.2) is 38.3 Å². The van der Waals surface area contributed by atoms with Crippen molar-refractivity contribution < 1.29 is 14.2 Å². The smallest absolute Gasteiger partial charge is 0.228 e. The van der Waals surface area contributed by atoms with Crippen LogP contribution in [0.1, 0.15) is 18.5 Å². The summed E-state index contributed by atoms with van der Waals surface area (Å²) in [5.74, 6) is 1.28. The number of rotatable bonds is 8. The molecule has 1 unspecified atom stereocenters. The van der Waals surface area contributed by atoms with Gasteiger partial charge in [-0.25, -0.2) is 9.37 Å². The lowest BCUT2D eigenvalue weighted by Crippen LogP contribution is -2.12. The maximum Gasteiger partial charge on any atom is 0.228 e. The molecule has 0 saturated carbocycles. The third-order valence-corrected chi connectivity index (χ3v) is 3.58. The van der Waals surface area contributed by atoms with Gasteiger partial charge in [-0.2, -0.15) is 9.97 Å². The fourth-order valence-electron chi connectivity index (χ4n) is 2.30. The summed E-state index contributed by atoms with van der Waals surface area (Å²) in [7, 11) is 0. The number of ether oxygens (including phenoxy) is 1. The third-order valence-electron chi connectivity index (χ3n) is 3.58. The van der Waals surface area contributed by atoms with Crippen molar-refractivity contribution in [1.82, 2.24) is 19.9 Å². The van der Waals surface area contributed by atoms with Crippen molar-refractivity contribution in [2.24, 2.45) is 0 Å². The number of anilines is 3. The summed E-state index contributed by atoms with van der Waals surface area (Å²) in [5.41, 5.74) is 0.880. The lowest BCUT2D eigenvalue weighted by atomic mass is 10.1. The van der Waals surface area contributed by atoms with E-state index in [-0.39, 0.29) is 37.5 Å².